The molecule has 3 heteroatoms. The van der Waals surface area contributed by atoms with Crippen molar-refractivity contribution in [3.8, 4) is 5.75 Å². The van der Waals surface area contributed by atoms with Crippen molar-refractivity contribution in [1.29, 1.82) is 0 Å². The van der Waals surface area contributed by atoms with Gasteiger partial charge in [0.2, 0.25) is 0 Å². The maximum Gasteiger partial charge on any atom is 0.159 e. The second-order valence-corrected chi connectivity index (χ2v) is 6.36. The van der Waals surface area contributed by atoms with Gasteiger partial charge in [0.25, 0.3) is 0 Å². The van der Waals surface area contributed by atoms with Crippen LogP contribution >= 0.6 is 0 Å². The number of hydrogen-bond donors (Lipinski definition) is 0. The normalized spacial score (nSPS) is 14.3. The van der Waals surface area contributed by atoms with E-state index in [-0.39, 0.29) is 0 Å². The molecule has 25 heavy (non-hydrogen) atoms. The van der Waals surface area contributed by atoms with Gasteiger partial charge in [0.1, 0.15) is 11.1 Å². The van der Waals surface area contributed by atoms with E-state index in [4.69, 9.17) is 14.7 Å². The molecule has 3 nitrogen and oxygen atoms in total. The van der Waals surface area contributed by atoms with Crippen molar-refractivity contribution in [3.05, 3.63) is 101 Å². The van der Waals surface area contributed by atoms with Gasteiger partial charge in [-0.05, 0) is 23.3 Å². The molecule has 0 saturated heterocycles. The summed E-state index contributed by atoms with van der Waals surface area (Å²) in [5, 5.41) is 1.77. The molecule has 0 aromatic heterocycles. The highest BCUT2D eigenvalue weighted by atomic mass is 16.5. The molecule has 0 amide bonds. The van der Waals surface area contributed by atoms with Gasteiger partial charge in [-0.1, -0.05) is 66.7 Å². The molecule has 124 valence electrons. The number of methoxy groups -OCH3 is 1. The lowest BCUT2D eigenvalue weighted by Crippen LogP contribution is -2.29. The number of benzene rings is 3. The van der Waals surface area contributed by atoms with Crippen molar-refractivity contribution in [1.82, 2.24) is 0 Å². The van der Waals surface area contributed by atoms with Gasteiger partial charge in [-0.25, -0.2) is 4.99 Å². The van der Waals surface area contributed by atoms with Crippen molar-refractivity contribution < 1.29 is 4.74 Å². The largest absolute Gasteiger partial charge is 0.494 e. The van der Waals surface area contributed by atoms with Crippen LogP contribution in [0.3, 0.4) is 0 Å². The Balaban J connectivity index is 1.81. The molecule has 1 aliphatic heterocycles. The van der Waals surface area contributed by atoms with Gasteiger partial charge < -0.3 is 4.74 Å². The maximum absolute atomic E-state index is 5.50. The van der Waals surface area contributed by atoms with E-state index in [0.717, 1.165) is 29.3 Å². The number of ether oxygens (including phenoxy) is 1. The summed E-state index contributed by atoms with van der Waals surface area (Å²) in [6.07, 6.45) is 1.53. The first-order valence-electron chi connectivity index (χ1n) is 8.49. The van der Waals surface area contributed by atoms with Gasteiger partial charge in [-0.3, -0.25) is 4.99 Å². The van der Waals surface area contributed by atoms with Crippen LogP contribution in [0.4, 0.5) is 0 Å². The molecule has 1 aliphatic rings. The highest BCUT2D eigenvalue weighted by molar-refractivity contribution is 5.28. The van der Waals surface area contributed by atoms with Crippen molar-refractivity contribution in [3.63, 3.8) is 0 Å². The minimum atomic E-state index is -0.528. The summed E-state index contributed by atoms with van der Waals surface area (Å²) in [6.45, 7) is 0. The second kappa shape index (κ2) is 6.52. The van der Waals surface area contributed by atoms with Crippen LogP contribution < -0.4 is 15.5 Å². The molecular formula is C22H20N2O. The number of para-hydroxylation sites is 1. The van der Waals surface area contributed by atoms with E-state index in [9.17, 15) is 0 Å². The Kier molecular flexibility index (Phi) is 4.06. The van der Waals surface area contributed by atoms with Crippen molar-refractivity contribution in [2.24, 2.45) is 9.98 Å². The Labute approximate surface area is 147 Å². The summed E-state index contributed by atoms with van der Waals surface area (Å²) in [5.74, 6) is 0.782. The molecule has 0 saturated carbocycles. The van der Waals surface area contributed by atoms with Gasteiger partial charge in [0.05, 0.1) is 12.5 Å². The molecule has 0 unspecified atom stereocenters. The molecule has 3 aromatic rings. The van der Waals surface area contributed by atoms with Crippen LogP contribution in [0, 0.1) is 0 Å². The SMILES string of the molecule is COc1cccc2c1=NC(Cc1ccccc1)(Cc1ccccc1)N=2. The zero-order valence-electron chi connectivity index (χ0n) is 14.2. The van der Waals surface area contributed by atoms with Crippen LogP contribution in [0.5, 0.6) is 5.75 Å². The van der Waals surface area contributed by atoms with E-state index in [1.54, 1.807) is 7.11 Å². The third-order valence-corrected chi connectivity index (χ3v) is 4.51. The zero-order valence-corrected chi connectivity index (χ0v) is 14.2. The first kappa shape index (κ1) is 15.6. The topological polar surface area (TPSA) is 34.0 Å². The van der Waals surface area contributed by atoms with E-state index in [1.165, 1.54) is 11.1 Å². The summed E-state index contributed by atoms with van der Waals surface area (Å²) in [6, 6.07) is 26.8. The molecule has 0 aliphatic carbocycles. The Hall–Kier alpha value is -2.94. The molecule has 0 atom stereocenters. The molecule has 3 aromatic carbocycles. The van der Waals surface area contributed by atoms with Gasteiger partial charge in [0, 0.05) is 12.8 Å². The Bertz CT molecular complexity index is 940. The number of rotatable bonds is 5. The molecule has 0 spiro atoms. The third-order valence-electron chi connectivity index (χ3n) is 4.51. The summed E-state index contributed by atoms with van der Waals surface area (Å²) in [4.78, 5) is 10.1. The lowest BCUT2D eigenvalue weighted by molar-refractivity contribution is 0.403. The number of hydrogen-bond acceptors (Lipinski definition) is 3. The van der Waals surface area contributed by atoms with E-state index in [2.05, 4.69) is 48.5 Å². The highest BCUT2D eigenvalue weighted by Crippen LogP contribution is 2.26. The highest BCUT2D eigenvalue weighted by Gasteiger charge is 2.32. The minimum Gasteiger partial charge on any atom is -0.494 e. The molecule has 0 N–H and O–H groups in total. The van der Waals surface area contributed by atoms with Crippen LogP contribution in [0.2, 0.25) is 0 Å². The molecule has 0 fully saturated rings. The van der Waals surface area contributed by atoms with Crippen LogP contribution in [0.25, 0.3) is 0 Å². The summed E-state index contributed by atoms with van der Waals surface area (Å²) in [5.41, 5.74) is 1.94. The van der Waals surface area contributed by atoms with Crippen molar-refractivity contribution in [2.75, 3.05) is 7.11 Å². The van der Waals surface area contributed by atoms with Crippen molar-refractivity contribution >= 4 is 0 Å². The Morgan fingerprint density at radius 2 is 1.32 bits per heavy atom. The molecular weight excluding hydrogens is 308 g/mol. The Morgan fingerprint density at radius 1 is 0.720 bits per heavy atom. The minimum absolute atomic E-state index is 0.528. The van der Waals surface area contributed by atoms with Crippen LogP contribution in [-0.4, -0.2) is 12.8 Å². The van der Waals surface area contributed by atoms with E-state index in [0.29, 0.717) is 0 Å². The third kappa shape index (κ3) is 3.18. The Morgan fingerprint density at radius 3 is 1.88 bits per heavy atom. The monoisotopic (exact) mass is 328 g/mol. The first-order chi connectivity index (χ1) is 12.3. The molecule has 0 radical (unpaired) electrons. The van der Waals surface area contributed by atoms with E-state index in [1.807, 2.05) is 30.3 Å². The number of nitrogens with zero attached hydrogens (tertiary/aromatic N) is 2. The quantitative estimate of drug-likeness (QED) is 0.708. The lowest BCUT2D eigenvalue weighted by Gasteiger charge is -2.23. The van der Waals surface area contributed by atoms with Crippen LogP contribution in [0.1, 0.15) is 11.1 Å². The summed E-state index contributed by atoms with van der Waals surface area (Å²) in [7, 11) is 1.68. The zero-order chi connectivity index (χ0) is 17.1. The standard InChI is InChI=1S/C22H20N2O/c1-25-20-14-8-13-19-21(20)24-22(23-19,15-17-9-4-2-5-10-17)16-18-11-6-3-7-12-18/h2-14H,15-16H2,1H3. The fourth-order valence-electron chi connectivity index (χ4n) is 3.40. The smallest absolute Gasteiger partial charge is 0.159 e. The maximum atomic E-state index is 5.50. The van der Waals surface area contributed by atoms with Crippen LogP contribution in [-0.2, 0) is 12.8 Å². The number of fused-ring (bicyclic) bond motifs is 1. The average molecular weight is 328 g/mol. The van der Waals surface area contributed by atoms with Crippen molar-refractivity contribution in [2.45, 2.75) is 18.5 Å². The molecule has 4 rings (SSSR count). The van der Waals surface area contributed by atoms with Gasteiger partial charge >= 0.3 is 0 Å². The van der Waals surface area contributed by atoms with Gasteiger partial charge in [-0.2, -0.15) is 0 Å². The predicted molar refractivity (Wildman–Crippen MR) is 98.3 cm³/mol. The molecule has 1 heterocycles. The fraction of sp³-hybridized carbons (Fsp3) is 0.182. The second-order valence-electron chi connectivity index (χ2n) is 6.36. The summed E-state index contributed by atoms with van der Waals surface area (Å²) >= 11 is 0. The van der Waals surface area contributed by atoms with Gasteiger partial charge in [-0.15, -0.1) is 0 Å². The summed E-state index contributed by atoms with van der Waals surface area (Å²) < 4.78 is 5.50. The van der Waals surface area contributed by atoms with E-state index < -0.39 is 5.66 Å². The van der Waals surface area contributed by atoms with E-state index >= 15 is 0 Å². The van der Waals surface area contributed by atoms with Gasteiger partial charge in [0.15, 0.2) is 5.66 Å². The fourth-order valence-corrected chi connectivity index (χ4v) is 3.40. The lowest BCUT2D eigenvalue weighted by atomic mass is 9.93. The average Bonchev–Trinajstić information content (AvgIpc) is 3.01. The van der Waals surface area contributed by atoms with Crippen LogP contribution in [0.15, 0.2) is 88.8 Å². The predicted octanol–water partition coefficient (Wildman–Crippen LogP) is 3.13. The molecule has 0 bridgehead atoms. The first-order valence-corrected chi connectivity index (χ1v) is 8.49.